The van der Waals surface area contributed by atoms with Crippen LogP contribution in [0.4, 0.5) is 0 Å². The van der Waals surface area contributed by atoms with Crippen molar-refractivity contribution in [3.63, 3.8) is 0 Å². The maximum absolute atomic E-state index is 6.20. The van der Waals surface area contributed by atoms with Gasteiger partial charge in [-0.25, -0.2) is 0 Å². The molecular formula is C11H16ClNO4. The third kappa shape index (κ3) is 2.94. The van der Waals surface area contributed by atoms with Crippen LogP contribution in [-0.2, 0) is 11.4 Å². The molecule has 0 unspecified atom stereocenters. The predicted octanol–water partition coefficient (Wildman–Crippen LogP) is 2.02. The highest BCUT2D eigenvalue weighted by atomic mass is 35.5. The molecular weight excluding hydrogens is 246 g/mol. The lowest BCUT2D eigenvalue weighted by molar-refractivity contribution is 0.0860. The maximum Gasteiger partial charge on any atom is 0.167 e. The van der Waals surface area contributed by atoms with E-state index in [0.29, 0.717) is 34.4 Å². The number of benzene rings is 1. The SMILES string of the molecule is CONCc1c(Cl)c(OC)cc(OC)c1OC. The molecule has 1 rings (SSSR count). The molecule has 6 heteroatoms. The molecule has 0 saturated carbocycles. The molecule has 0 aromatic heterocycles. The first-order chi connectivity index (χ1) is 8.19. The second-order valence-electron chi connectivity index (χ2n) is 3.13. The second-order valence-corrected chi connectivity index (χ2v) is 3.51. The highest BCUT2D eigenvalue weighted by molar-refractivity contribution is 6.33. The molecule has 0 aliphatic rings. The Morgan fingerprint density at radius 2 is 1.71 bits per heavy atom. The van der Waals surface area contributed by atoms with Crippen LogP contribution in [0.2, 0.25) is 5.02 Å². The normalized spacial score (nSPS) is 10.2. The highest BCUT2D eigenvalue weighted by Crippen LogP contribution is 2.42. The van der Waals surface area contributed by atoms with Gasteiger partial charge in [0.15, 0.2) is 11.5 Å². The van der Waals surface area contributed by atoms with Crippen molar-refractivity contribution in [2.75, 3.05) is 28.4 Å². The molecule has 0 amide bonds. The van der Waals surface area contributed by atoms with Crippen LogP contribution in [0, 0.1) is 0 Å². The van der Waals surface area contributed by atoms with E-state index in [4.69, 9.17) is 30.6 Å². The molecule has 0 atom stereocenters. The number of halogens is 1. The minimum atomic E-state index is 0.381. The quantitative estimate of drug-likeness (QED) is 0.794. The molecule has 5 nitrogen and oxygen atoms in total. The number of hydrogen-bond acceptors (Lipinski definition) is 5. The van der Waals surface area contributed by atoms with Crippen LogP contribution in [0.5, 0.6) is 17.2 Å². The number of methoxy groups -OCH3 is 3. The fourth-order valence-corrected chi connectivity index (χ4v) is 1.76. The van der Waals surface area contributed by atoms with Crippen molar-refractivity contribution >= 4 is 11.6 Å². The van der Waals surface area contributed by atoms with Gasteiger partial charge in [0.25, 0.3) is 0 Å². The van der Waals surface area contributed by atoms with Gasteiger partial charge in [-0.15, -0.1) is 0 Å². The van der Waals surface area contributed by atoms with Crippen molar-refractivity contribution in [1.29, 1.82) is 0 Å². The number of hydroxylamine groups is 1. The van der Waals surface area contributed by atoms with E-state index in [1.54, 1.807) is 27.4 Å². The van der Waals surface area contributed by atoms with Crippen LogP contribution in [0.15, 0.2) is 6.07 Å². The first-order valence-electron chi connectivity index (χ1n) is 4.92. The van der Waals surface area contributed by atoms with E-state index in [0.717, 1.165) is 0 Å². The summed E-state index contributed by atoms with van der Waals surface area (Å²) in [7, 11) is 6.17. The van der Waals surface area contributed by atoms with E-state index < -0.39 is 0 Å². The Balaban J connectivity index is 3.28. The van der Waals surface area contributed by atoms with Crippen LogP contribution in [0.1, 0.15) is 5.56 Å². The third-order valence-corrected chi connectivity index (χ3v) is 2.69. The molecule has 0 heterocycles. The Hall–Kier alpha value is -1.17. The highest BCUT2D eigenvalue weighted by Gasteiger charge is 2.18. The van der Waals surface area contributed by atoms with Gasteiger partial charge < -0.3 is 19.0 Å². The molecule has 1 aromatic carbocycles. The van der Waals surface area contributed by atoms with Gasteiger partial charge in [0.05, 0.1) is 40.0 Å². The molecule has 0 aliphatic carbocycles. The average molecular weight is 262 g/mol. The minimum Gasteiger partial charge on any atom is -0.495 e. The summed E-state index contributed by atoms with van der Waals surface area (Å²) in [5, 5.41) is 0.467. The molecule has 1 N–H and O–H groups in total. The Morgan fingerprint density at radius 3 is 2.18 bits per heavy atom. The van der Waals surface area contributed by atoms with Crippen LogP contribution >= 0.6 is 11.6 Å². The van der Waals surface area contributed by atoms with Crippen molar-refractivity contribution in [2.45, 2.75) is 6.54 Å². The smallest absolute Gasteiger partial charge is 0.167 e. The maximum atomic E-state index is 6.20. The van der Waals surface area contributed by atoms with Gasteiger partial charge in [0.2, 0.25) is 0 Å². The average Bonchev–Trinajstić information content (AvgIpc) is 2.36. The van der Waals surface area contributed by atoms with Gasteiger partial charge in [-0.2, -0.15) is 5.48 Å². The third-order valence-electron chi connectivity index (χ3n) is 2.28. The van der Waals surface area contributed by atoms with Crippen molar-refractivity contribution in [3.05, 3.63) is 16.7 Å². The van der Waals surface area contributed by atoms with E-state index in [2.05, 4.69) is 5.48 Å². The van der Waals surface area contributed by atoms with Crippen LogP contribution in [-0.4, -0.2) is 28.4 Å². The minimum absolute atomic E-state index is 0.381. The Bertz CT molecular complexity index is 384. The summed E-state index contributed by atoms with van der Waals surface area (Å²) < 4.78 is 15.7. The molecule has 0 saturated heterocycles. The van der Waals surface area contributed by atoms with E-state index >= 15 is 0 Å². The summed E-state index contributed by atoms with van der Waals surface area (Å²) >= 11 is 6.20. The summed E-state index contributed by atoms with van der Waals surface area (Å²) in [4.78, 5) is 4.80. The largest absolute Gasteiger partial charge is 0.495 e. The van der Waals surface area contributed by atoms with Crippen molar-refractivity contribution in [2.24, 2.45) is 0 Å². The fraction of sp³-hybridized carbons (Fsp3) is 0.455. The number of hydrogen-bond donors (Lipinski definition) is 1. The van der Waals surface area contributed by atoms with E-state index in [-0.39, 0.29) is 0 Å². The van der Waals surface area contributed by atoms with E-state index in [1.807, 2.05) is 0 Å². The molecule has 0 bridgehead atoms. The first-order valence-corrected chi connectivity index (χ1v) is 5.30. The Labute approximate surface area is 106 Å². The van der Waals surface area contributed by atoms with Gasteiger partial charge in [-0.05, 0) is 0 Å². The standard InChI is InChI=1S/C11H16ClNO4/c1-14-8-5-9(15-2)11(16-3)7(10(8)12)6-13-17-4/h5,13H,6H2,1-4H3. The zero-order valence-electron chi connectivity index (χ0n) is 10.3. The van der Waals surface area contributed by atoms with Crippen molar-refractivity contribution in [3.8, 4) is 17.2 Å². The van der Waals surface area contributed by atoms with Crippen molar-refractivity contribution in [1.82, 2.24) is 5.48 Å². The van der Waals surface area contributed by atoms with Crippen LogP contribution in [0.25, 0.3) is 0 Å². The number of ether oxygens (including phenoxy) is 3. The molecule has 0 aliphatic heterocycles. The van der Waals surface area contributed by atoms with Crippen molar-refractivity contribution < 1.29 is 19.0 Å². The fourth-order valence-electron chi connectivity index (χ4n) is 1.47. The molecule has 0 spiro atoms. The Morgan fingerprint density at radius 1 is 1.06 bits per heavy atom. The lowest BCUT2D eigenvalue weighted by Gasteiger charge is -2.16. The number of nitrogens with one attached hydrogen (secondary N) is 1. The van der Waals surface area contributed by atoms with Gasteiger partial charge in [-0.1, -0.05) is 11.6 Å². The Kier molecular flexibility index (Phi) is 5.34. The molecule has 0 radical (unpaired) electrons. The van der Waals surface area contributed by atoms with Gasteiger partial charge in [0, 0.05) is 11.6 Å². The van der Waals surface area contributed by atoms with Gasteiger partial charge in [-0.3, -0.25) is 0 Å². The molecule has 17 heavy (non-hydrogen) atoms. The lowest BCUT2D eigenvalue weighted by Crippen LogP contribution is -2.13. The zero-order chi connectivity index (χ0) is 12.8. The monoisotopic (exact) mass is 261 g/mol. The molecule has 0 fully saturated rings. The van der Waals surface area contributed by atoms with E-state index in [9.17, 15) is 0 Å². The zero-order valence-corrected chi connectivity index (χ0v) is 11.1. The lowest BCUT2D eigenvalue weighted by atomic mass is 10.1. The predicted molar refractivity (Wildman–Crippen MR) is 65.0 cm³/mol. The topological polar surface area (TPSA) is 49.0 Å². The van der Waals surface area contributed by atoms with Crippen LogP contribution in [0.3, 0.4) is 0 Å². The van der Waals surface area contributed by atoms with E-state index in [1.165, 1.54) is 7.11 Å². The molecule has 1 aromatic rings. The summed E-state index contributed by atoms with van der Waals surface area (Å²) in [5.41, 5.74) is 3.42. The number of rotatable bonds is 6. The van der Waals surface area contributed by atoms with Crippen LogP contribution < -0.4 is 19.7 Å². The van der Waals surface area contributed by atoms with Gasteiger partial charge >= 0.3 is 0 Å². The summed E-state index contributed by atoms with van der Waals surface area (Å²) in [5.74, 6) is 1.64. The first kappa shape index (κ1) is 13.9. The summed E-state index contributed by atoms with van der Waals surface area (Å²) in [6.45, 7) is 0.381. The van der Waals surface area contributed by atoms with Gasteiger partial charge in [0.1, 0.15) is 5.75 Å². The molecule has 96 valence electrons. The summed E-state index contributed by atoms with van der Waals surface area (Å²) in [6, 6.07) is 1.68. The second kappa shape index (κ2) is 6.54. The summed E-state index contributed by atoms with van der Waals surface area (Å²) in [6.07, 6.45) is 0.